The highest BCUT2D eigenvalue weighted by atomic mass is 16.5. The fraction of sp³-hybridized carbons (Fsp3) is 0.292. The minimum Gasteiger partial charge on any atom is -0.496 e. The summed E-state index contributed by atoms with van der Waals surface area (Å²) in [7, 11) is 4.31. The summed E-state index contributed by atoms with van der Waals surface area (Å²) in [6.07, 6.45) is 0.750. The van der Waals surface area contributed by atoms with E-state index in [9.17, 15) is 14.4 Å². The molecule has 0 aliphatic rings. The van der Waals surface area contributed by atoms with Gasteiger partial charge in [0.2, 0.25) is 0 Å². The van der Waals surface area contributed by atoms with Gasteiger partial charge in [-0.1, -0.05) is 38.1 Å². The van der Waals surface area contributed by atoms with E-state index in [1.54, 1.807) is 36.4 Å². The van der Waals surface area contributed by atoms with E-state index in [1.165, 1.54) is 27.4 Å². The summed E-state index contributed by atoms with van der Waals surface area (Å²) in [6, 6.07) is 11.4. The fourth-order valence-corrected chi connectivity index (χ4v) is 2.93. The number of ketones is 1. The molecule has 0 fully saturated rings. The highest BCUT2D eigenvalue weighted by Crippen LogP contribution is 2.31. The van der Waals surface area contributed by atoms with E-state index in [0.717, 1.165) is 5.56 Å². The lowest BCUT2D eigenvalue weighted by molar-refractivity contribution is -0.140. The minimum atomic E-state index is -0.743. The third-order valence-electron chi connectivity index (χ3n) is 4.55. The van der Waals surface area contributed by atoms with E-state index in [-0.39, 0.29) is 23.5 Å². The van der Waals surface area contributed by atoms with Crippen molar-refractivity contribution in [1.29, 1.82) is 0 Å². The summed E-state index contributed by atoms with van der Waals surface area (Å²) >= 11 is 0. The van der Waals surface area contributed by atoms with Crippen LogP contribution in [0.5, 0.6) is 11.5 Å². The molecule has 0 saturated heterocycles. The first-order chi connectivity index (χ1) is 15.0. The number of ether oxygens (including phenoxy) is 3. The Morgan fingerprint density at radius 2 is 1.61 bits per heavy atom. The van der Waals surface area contributed by atoms with E-state index in [0.29, 0.717) is 28.9 Å². The molecule has 164 valence electrons. The third-order valence-corrected chi connectivity index (χ3v) is 4.55. The molecule has 3 aromatic rings. The molecule has 0 saturated carbocycles. The standard InChI is InChI=1S/C22H20O7.C2H6/c1-26-15-10-18(27-2)16-12-17(22(25)29-19(16)11-15)21(24)14-7-4-13(5-8-14)6-9-20(23)28-3;1-2/h4-5,7-8,10-12H,6,9H2,1-3H3;1-2H3. The first kappa shape index (κ1) is 23.7. The van der Waals surface area contributed by atoms with Crippen LogP contribution in [-0.2, 0) is 16.0 Å². The number of rotatable bonds is 7. The highest BCUT2D eigenvalue weighted by Gasteiger charge is 2.18. The zero-order chi connectivity index (χ0) is 23.0. The van der Waals surface area contributed by atoms with Gasteiger partial charge in [0, 0.05) is 24.1 Å². The summed E-state index contributed by atoms with van der Waals surface area (Å²) in [4.78, 5) is 36.5. The Morgan fingerprint density at radius 3 is 2.19 bits per heavy atom. The topological polar surface area (TPSA) is 92.0 Å². The number of carbonyl (C=O) groups is 2. The zero-order valence-corrected chi connectivity index (χ0v) is 18.3. The minimum absolute atomic E-state index is 0.0942. The van der Waals surface area contributed by atoms with Crippen molar-refractivity contribution in [2.75, 3.05) is 21.3 Å². The lowest BCUT2D eigenvalue weighted by Crippen LogP contribution is -2.15. The number of benzene rings is 2. The van der Waals surface area contributed by atoms with Crippen LogP contribution in [0.25, 0.3) is 11.0 Å². The molecule has 31 heavy (non-hydrogen) atoms. The predicted octanol–water partition coefficient (Wildman–Crippen LogP) is 4.17. The van der Waals surface area contributed by atoms with Gasteiger partial charge in [-0.25, -0.2) is 4.79 Å². The average molecular weight is 426 g/mol. The van der Waals surface area contributed by atoms with E-state index >= 15 is 0 Å². The van der Waals surface area contributed by atoms with Gasteiger partial charge in [-0.2, -0.15) is 0 Å². The van der Waals surface area contributed by atoms with Gasteiger partial charge in [0.25, 0.3) is 0 Å². The van der Waals surface area contributed by atoms with Gasteiger partial charge < -0.3 is 18.6 Å². The Kier molecular flexibility index (Phi) is 8.37. The second-order valence-electron chi connectivity index (χ2n) is 6.29. The normalized spacial score (nSPS) is 10.1. The molecule has 0 aliphatic carbocycles. The van der Waals surface area contributed by atoms with Crippen molar-refractivity contribution in [1.82, 2.24) is 0 Å². The number of hydrogen-bond donors (Lipinski definition) is 0. The maximum atomic E-state index is 12.9. The van der Waals surface area contributed by atoms with Crippen molar-refractivity contribution < 1.29 is 28.2 Å². The van der Waals surface area contributed by atoms with E-state index in [4.69, 9.17) is 13.9 Å². The van der Waals surface area contributed by atoms with Crippen LogP contribution in [0.15, 0.2) is 51.7 Å². The van der Waals surface area contributed by atoms with Crippen LogP contribution in [0.4, 0.5) is 0 Å². The lowest BCUT2D eigenvalue weighted by atomic mass is 10.0. The van der Waals surface area contributed by atoms with E-state index < -0.39 is 11.4 Å². The monoisotopic (exact) mass is 426 g/mol. The summed E-state index contributed by atoms with van der Waals surface area (Å²) in [5.41, 5.74) is 0.647. The van der Waals surface area contributed by atoms with Crippen molar-refractivity contribution in [2.45, 2.75) is 26.7 Å². The molecule has 0 unspecified atom stereocenters. The van der Waals surface area contributed by atoms with Crippen LogP contribution in [0, 0.1) is 0 Å². The molecule has 7 nitrogen and oxygen atoms in total. The Bertz CT molecular complexity index is 1110. The molecule has 2 aromatic carbocycles. The largest absolute Gasteiger partial charge is 0.496 e. The molecule has 0 N–H and O–H groups in total. The van der Waals surface area contributed by atoms with Gasteiger partial charge >= 0.3 is 11.6 Å². The maximum Gasteiger partial charge on any atom is 0.347 e. The lowest BCUT2D eigenvalue weighted by Gasteiger charge is -2.09. The van der Waals surface area contributed by atoms with Crippen molar-refractivity contribution in [2.24, 2.45) is 0 Å². The third kappa shape index (κ3) is 5.51. The molecule has 7 heteroatoms. The highest BCUT2D eigenvalue weighted by molar-refractivity contribution is 6.10. The SMILES string of the molecule is CC.COC(=O)CCc1ccc(C(=O)c2cc3c(OC)cc(OC)cc3oc2=O)cc1. The molecule has 0 aliphatic heterocycles. The Hall–Kier alpha value is -3.61. The first-order valence-corrected chi connectivity index (χ1v) is 9.87. The number of fused-ring (bicyclic) bond motifs is 1. The van der Waals surface area contributed by atoms with Gasteiger partial charge in [-0.3, -0.25) is 9.59 Å². The van der Waals surface area contributed by atoms with Crippen molar-refractivity contribution >= 4 is 22.7 Å². The fourth-order valence-electron chi connectivity index (χ4n) is 2.93. The zero-order valence-electron chi connectivity index (χ0n) is 18.3. The van der Waals surface area contributed by atoms with Crippen LogP contribution in [0.1, 0.15) is 41.8 Å². The van der Waals surface area contributed by atoms with Crippen molar-refractivity contribution in [3.8, 4) is 11.5 Å². The predicted molar refractivity (Wildman–Crippen MR) is 117 cm³/mol. The molecular weight excluding hydrogens is 400 g/mol. The first-order valence-electron chi connectivity index (χ1n) is 9.87. The summed E-state index contributed by atoms with van der Waals surface area (Å²) in [5.74, 6) is 0.136. The van der Waals surface area contributed by atoms with Crippen molar-refractivity contribution in [3.63, 3.8) is 0 Å². The number of hydrogen-bond acceptors (Lipinski definition) is 7. The van der Waals surface area contributed by atoms with Gasteiger partial charge in [-0.05, 0) is 18.1 Å². The number of aryl methyl sites for hydroxylation is 1. The van der Waals surface area contributed by atoms with Gasteiger partial charge in [0.1, 0.15) is 22.6 Å². The van der Waals surface area contributed by atoms with Crippen LogP contribution >= 0.6 is 0 Å². The molecular formula is C24H26O7. The summed E-state index contributed by atoms with van der Waals surface area (Å²) in [6.45, 7) is 4.00. The molecule has 0 atom stereocenters. The van der Waals surface area contributed by atoms with E-state index in [2.05, 4.69) is 4.74 Å². The Morgan fingerprint density at radius 1 is 0.935 bits per heavy atom. The van der Waals surface area contributed by atoms with Crippen LogP contribution in [-0.4, -0.2) is 33.1 Å². The van der Waals surface area contributed by atoms with Gasteiger partial charge in [0.15, 0.2) is 5.78 Å². The molecule has 0 amide bonds. The second kappa shape index (κ2) is 11.0. The number of esters is 1. The van der Waals surface area contributed by atoms with E-state index in [1.807, 2.05) is 13.8 Å². The van der Waals surface area contributed by atoms with Crippen molar-refractivity contribution in [3.05, 3.63) is 69.6 Å². The van der Waals surface area contributed by atoms with Crippen LogP contribution in [0.3, 0.4) is 0 Å². The smallest absolute Gasteiger partial charge is 0.347 e. The Balaban J connectivity index is 0.00000166. The number of methoxy groups -OCH3 is 3. The molecule has 0 bridgehead atoms. The molecule has 1 aromatic heterocycles. The second-order valence-corrected chi connectivity index (χ2v) is 6.29. The maximum absolute atomic E-state index is 12.9. The van der Waals surface area contributed by atoms with Crippen LogP contribution < -0.4 is 15.1 Å². The quantitative estimate of drug-likeness (QED) is 0.318. The average Bonchev–Trinajstić information content (AvgIpc) is 2.82. The van der Waals surface area contributed by atoms with Gasteiger partial charge in [-0.15, -0.1) is 0 Å². The van der Waals surface area contributed by atoms with Crippen LogP contribution in [0.2, 0.25) is 0 Å². The summed E-state index contributed by atoms with van der Waals surface area (Å²) < 4.78 is 20.4. The molecule has 0 spiro atoms. The summed E-state index contributed by atoms with van der Waals surface area (Å²) in [5, 5.41) is 0.492. The van der Waals surface area contributed by atoms with Gasteiger partial charge in [0.05, 0.1) is 26.7 Å². The molecule has 1 heterocycles. The molecule has 0 radical (unpaired) electrons. The Labute approximate surface area is 180 Å². The number of carbonyl (C=O) groups excluding carboxylic acids is 2. The molecule has 3 rings (SSSR count).